The molecule has 13 nitrogen and oxygen atoms in total. The number of carbonyl (C=O) groups is 3. The third-order valence-electron chi connectivity index (χ3n) is 4.97. The molecule has 1 unspecified atom stereocenters. The molecule has 0 saturated carbocycles. The summed E-state index contributed by atoms with van der Waals surface area (Å²) in [6, 6.07) is 5.00. The number of carbonyl (C=O) groups excluding carboxylic acids is 1. The van der Waals surface area contributed by atoms with Crippen molar-refractivity contribution in [1.29, 1.82) is 0 Å². The highest BCUT2D eigenvalue weighted by Crippen LogP contribution is 2.20. The van der Waals surface area contributed by atoms with Crippen molar-refractivity contribution >= 4 is 41.0 Å². The number of hydrogen-bond donors (Lipinski definition) is 8. The van der Waals surface area contributed by atoms with E-state index in [2.05, 4.69) is 36.6 Å². The number of fused-ring (bicyclic) bond motifs is 1. The Morgan fingerprint density at radius 3 is 2.58 bits per heavy atom. The highest BCUT2D eigenvalue weighted by molar-refractivity contribution is 5.96. The SMILES string of the molecule is CNc1nc2c(c(=O)[nH]1)NC(CNc1ccc(C(=O)N[C@@H](CCC(=O)O)C(=O)O)cc1)CN2. The smallest absolute Gasteiger partial charge is 0.326 e. The Balaban J connectivity index is 1.54. The second kappa shape index (κ2) is 10.3. The van der Waals surface area contributed by atoms with Crippen LogP contribution in [-0.2, 0) is 9.59 Å². The first-order valence-electron chi connectivity index (χ1n) is 10.2. The number of amides is 1. The molecule has 0 spiro atoms. The van der Waals surface area contributed by atoms with Crippen LogP contribution in [0.4, 0.5) is 23.1 Å². The summed E-state index contributed by atoms with van der Waals surface area (Å²) in [6.45, 7) is 1.01. The van der Waals surface area contributed by atoms with Crippen LogP contribution in [-0.4, -0.2) is 70.2 Å². The van der Waals surface area contributed by atoms with Gasteiger partial charge in [-0.2, -0.15) is 4.98 Å². The van der Waals surface area contributed by atoms with Crippen LogP contribution in [0.25, 0.3) is 0 Å². The van der Waals surface area contributed by atoms with Gasteiger partial charge in [-0.15, -0.1) is 0 Å². The van der Waals surface area contributed by atoms with Crippen LogP contribution < -0.4 is 32.1 Å². The molecule has 2 atom stereocenters. The van der Waals surface area contributed by atoms with Gasteiger partial charge in [0.05, 0.1) is 6.04 Å². The van der Waals surface area contributed by atoms with Crippen molar-refractivity contribution in [2.75, 3.05) is 41.4 Å². The molecule has 1 aliphatic rings. The second-order valence-corrected chi connectivity index (χ2v) is 7.37. The van der Waals surface area contributed by atoms with E-state index in [0.717, 1.165) is 5.69 Å². The highest BCUT2D eigenvalue weighted by atomic mass is 16.4. The molecule has 1 aromatic heterocycles. The molecule has 3 rings (SSSR count). The van der Waals surface area contributed by atoms with E-state index in [1.54, 1.807) is 19.2 Å². The molecule has 0 saturated heterocycles. The zero-order chi connectivity index (χ0) is 24.0. The highest BCUT2D eigenvalue weighted by Gasteiger charge is 2.23. The van der Waals surface area contributed by atoms with Gasteiger partial charge >= 0.3 is 11.9 Å². The fourth-order valence-corrected chi connectivity index (χ4v) is 3.20. The average Bonchev–Trinajstić information content (AvgIpc) is 2.80. The Morgan fingerprint density at radius 1 is 1.21 bits per heavy atom. The number of rotatable bonds is 10. The van der Waals surface area contributed by atoms with Gasteiger partial charge < -0.3 is 36.8 Å². The van der Waals surface area contributed by atoms with E-state index in [1.165, 1.54) is 12.1 Å². The zero-order valence-corrected chi connectivity index (χ0v) is 17.8. The molecule has 1 aliphatic heterocycles. The number of hydrogen-bond acceptors (Lipinski definition) is 9. The van der Waals surface area contributed by atoms with Gasteiger partial charge in [0.1, 0.15) is 11.7 Å². The Kier molecular flexibility index (Phi) is 7.33. The van der Waals surface area contributed by atoms with E-state index < -0.39 is 23.9 Å². The van der Waals surface area contributed by atoms with Crippen molar-refractivity contribution in [3.05, 3.63) is 40.2 Å². The average molecular weight is 459 g/mol. The van der Waals surface area contributed by atoms with Gasteiger partial charge in [-0.3, -0.25) is 19.4 Å². The molecule has 8 N–H and O–H groups in total. The minimum absolute atomic E-state index is 0.102. The summed E-state index contributed by atoms with van der Waals surface area (Å²) in [5.74, 6) is -2.21. The molecule has 0 aliphatic carbocycles. The molecule has 176 valence electrons. The van der Waals surface area contributed by atoms with Gasteiger partial charge in [-0.1, -0.05) is 0 Å². The van der Waals surface area contributed by atoms with Crippen molar-refractivity contribution in [2.45, 2.75) is 24.9 Å². The monoisotopic (exact) mass is 459 g/mol. The summed E-state index contributed by atoms with van der Waals surface area (Å²) in [7, 11) is 1.66. The minimum Gasteiger partial charge on any atom is -0.481 e. The number of H-pyrrole nitrogens is 1. The largest absolute Gasteiger partial charge is 0.481 e. The summed E-state index contributed by atoms with van der Waals surface area (Å²) in [5, 5.41) is 32.5. The predicted octanol–water partition coefficient (Wildman–Crippen LogP) is 0.178. The molecule has 1 amide bonds. The van der Waals surface area contributed by atoms with Crippen LogP contribution in [0.5, 0.6) is 0 Å². The second-order valence-electron chi connectivity index (χ2n) is 7.37. The van der Waals surface area contributed by atoms with Gasteiger partial charge in [0, 0.05) is 37.8 Å². The van der Waals surface area contributed by atoms with Crippen LogP contribution in [0, 0.1) is 0 Å². The van der Waals surface area contributed by atoms with Crippen LogP contribution in [0.1, 0.15) is 23.2 Å². The molecule has 1 aromatic carbocycles. The number of nitrogens with zero attached hydrogens (tertiary/aromatic N) is 1. The molecular weight excluding hydrogens is 434 g/mol. The van der Waals surface area contributed by atoms with Crippen LogP contribution in [0.15, 0.2) is 29.1 Å². The van der Waals surface area contributed by atoms with Gasteiger partial charge in [-0.05, 0) is 30.7 Å². The van der Waals surface area contributed by atoms with E-state index in [9.17, 15) is 19.2 Å². The van der Waals surface area contributed by atoms with Gasteiger partial charge in [0.2, 0.25) is 5.95 Å². The van der Waals surface area contributed by atoms with Crippen molar-refractivity contribution < 1.29 is 24.6 Å². The third kappa shape index (κ3) is 6.12. The summed E-state index contributed by atoms with van der Waals surface area (Å²) >= 11 is 0. The topological polar surface area (TPSA) is 198 Å². The van der Waals surface area contributed by atoms with E-state index in [-0.39, 0.29) is 30.0 Å². The molecular formula is C20H25N7O6. The number of carboxylic acid groups (broad SMARTS) is 2. The fourth-order valence-electron chi connectivity index (χ4n) is 3.20. The maximum atomic E-state index is 12.3. The lowest BCUT2D eigenvalue weighted by atomic mass is 10.1. The molecule has 0 fully saturated rings. The van der Waals surface area contributed by atoms with Crippen molar-refractivity contribution in [2.24, 2.45) is 0 Å². The van der Waals surface area contributed by atoms with Crippen molar-refractivity contribution in [3.8, 4) is 0 Å². The normalized spacial score (nSPS) is 15.2. The first-order chi connectivity index (χ1) is 15.8. The molecule has 2 aromatic rings. The standard InChI is InChI=1S/C20H25N7O6/c1-21-20-26-16-15(18(31)27-20)24-12(9-23-16)8-22-11-4-2-10(3-5-11)17(30)25-13(19(32)33)6-7-14(28)29/h2-5,12-13,22,24H,6-9H2,1H3,(H,25,30)(H,28,29)(H,32,33)(H3,21,23,26,27,31)/t12?,13-/m0/s1. The number of aromatic amines is 1. The number of anilines is 4. The Hall–Kier alpha value is -4.29. The number of carboxylic acids is 2. The van der Waals surface area contributed by atoms with Crippen LogP contribution in [0.3, 0.4) is 0 Å². The van der Waals surface area contributed by atoms with E-state index in [1.807, 2.05) is 0 Å². The fraction of sp³-hybridized carbons (Fsp3) is 0.350. The summed E-state index contributed by atoms with van der Waals surface area (Å²) in [5.41, 5.74) is 1.03. The number of aliphatic carboxylic acids is 2. The Morgan fingerprint density at radius 2 is 1.94 bits per heavy atom. The number of aromatic nitrogens is 2. The lowest BCUT2D eigenvalue weighted by molar-refractivity contribution is -0.140. The first-order valence-corrected chi connectivity index (χ1v) is 10.2. The van der Waals surface area contributed by atoms with Crippen LogP contribution in [0.2, 0.25) is 0 Å². The first kappa shape index (κ1) is 23.4. The van der Waals surface area contributed by atoms with E-state index in [0.29, 0.717) is 30.5 Å². The summed E-state index contributed by atoms with van der Waals surface area (Å²) in [4.78, 5) is 53.3. The maximum absolute atomic E-state index is 12.3. The minimum atomic E-state index is -1.30. The molecule has 0 bridgehead atoms. The van der Waals surface area contributed by atoms with Gasteiger partial charge in [-0.25, -0.2) is 4.79 Å². The Bertz CT molecular complexity index is 1090. The summed E-state index contributed by atoms with van der Waals surface area (Å²) < 4.78 is 0. The molecule has 0 radical (unpaired) electrons. The third-order valence-corrected chi connectivity index (χ3v) is 4.97. The zero-order valence-electron chi connectivity index (χ0n) is 17.8. The number of benzene rings is 1. The van der Waals surface area contributed by atoms with Crippen LogP contribution >= 0.6 is 0 Å². The molecule has 2 heterocycles. The summed E-state index contributed by atoms with van der Waals surface area (Å²) in [6.07, 6.45) is -0.580. The van der Waals surface area contributed by atoms with E-state index >= 15 is 0 Å². The van der Waals surface area contributed by atoms with Gasteiger partial charge in [0.15, 0.2) is 5.82 Å². The van der Waals surface area contributed by atoms with Gasteiger partial charge in [0.25, 0.3) is 11.5 Å². The van der Waals surface area contributed by atoms with Crippen molar-refractivity contribution in [1.82, 2.24) is 15.3 Å². The molecule has 13 heteroatoms. The Labute approximate surface area is 188 Å². The maximum Gasteiger partial charge on any atom is 0.326 e. The van der Waals surface area contributed by atoms with Crippen molar-refractivity contribution in [3.63, 3.8) is 0 Å². The van der Waals surface area contributed by atoms with E-state index in [4.69, 9.17) is 10.2 Å². The number of nitrogens with one attached hydrogen (secondary N) is 6. The lowest BCUT2D eigenvalue weighted by Crippen LogP contribution is -2.41. The quantitative estimate of drug-likeness (QED) is 0.241. The molecule has 33 heavy (non-hydrogen) atoms. The lowest BCUT2D eigenvalue weighted by Gasteiger charge is -2.27. The predicted molar refractivity (Wildman–Crippen MR) is 121 cm³/mol.